The van der Waals surface area contributed by atoms with Gasteiger partial charge in [0, 0.05) is 15.5 Å². The van der Waals surface area contributed by atoms with E-state index in [9.17, 15) is 18.0 Å². The van der Waals surface area contributed by atoms with E-state index in [0.717, 1.165) is 6.07 Å². The van der Waals surface area contributed by atoms with Gasteiger partial charge in [-0.15, -0.1) is 0 Å². The van der Waals surface area contributed by atoms with Crippen molar-refractivity contribution in [1.82, 2.24) is 0 Å². The second-order valence-electron chi connectivity index (χ2n) is 4.77. The molecule has 1 aromatic carbocycles. The Kier molecular flexibility index (Phi) is 3.72. The molecule has 0 N–H and O–H groups in total. The molecular formula is C12H12BrF3O. The van der Waals surface area contributed by atoms with Crippen molar-refractivity contribution in [3.63, 3.8) is 0 Å². The van der Waals surface area contributed by atoms with Crippen molar-refractivity contribution in [2.24, 2.45) is 5.41 Å². The van der Waals surface area contributed by atoms with E-state index in [-0.39, 0.29) is 15.8 Å². The van der Waals surface area contributed by atoms with Crippen LogP contribution in [0.4, 0.5) is 13.2 Å². The number of benzene rings is 1. The molecule has 5 heteroatoms. The Morgan fingerprint density at radius 3 is 2.12 bits per heavy atom. The van der Waals surface area contributed by atoms with Gasteiger partial charge in [-0.25, -0.2) is 0 Å². The lowest BCUT2D eigenvalue weighted by atomic mass is 9.86. The number of Topliss-reactive ketones (excluding diaryl/α,β-unsaturated/α-hetero) is 1. The summed E-state index contributed by atoms with van der Waals surface area (Å²) in [6.45, 7) is 5.01. The molecule has 0 radical (unpaired) electrons. The van der Waals surface area contributed by atoms with E-state index in [1.165, 1.54) is 12.1 Å². The second kappa shape index (κ2) is 4.44. The third-order valence-corrected chi connectivity index (χ3v) is 2.91. The molecule has 0 spiro atoms. The van der Waals surface area contributed by atoms with E-state index in [4.69, 9.17) is 0 Å². The number of halogens is 4. The van der Waals surface area contributed by atoms with Crippen LogP contribution in [0.15, 0.2) is 22.7 Å². The van der Waals surface area contributed by atoms with Gasteiger partial charge in [-0.2, -0.15) is 13.2 Å². The highest BCUT2D eigenvalue weighted by Crippen LogP contribution is 2.36. The molecule has 0 amide bonds. The Bertz CT molecular complexity index is 444. The number of hydrogen-bond acceptors (Lipinski definition) is 1. The summed E-state index contributed by atoms with van der Waals surface area (Å²) >= 11 is 2.83. The molecule has 1 aromatic rings. The lowest BCUT2D eigenvalue weighted by molar-refractivity contribution is -0.138. The molecule has 17 heavy (non-hydrogen) atoms. The SMILES string of the molecule is CC(C)(C)C(=O)c1ccc(Br)c(C(F)(F)F)c1. The van der Waals surface area contributed by atoms with Gasteiger partial charge in [0.2, 0.25) is 0 Å². The van der Waals surface area contributed by atoms with Crippen LogP contribution in [0.25, 0.3) is 0 Å². The van der Waals surface area contributed by atoms with E-state index in [1.54, 1.807) is 20.8 Å². The molecule has 0 heterocycles. The first-order valence-electron chi connectivity index (χ1n) is 4.95. The fourth-order valence-corrected chi connectivity index (χ4v) is 1.79. The third kappa shape index (κ3) is 3.31. The van der Waals surface area contributed by atoms with Crippen LogP contribution in [0.5, 0.6) is 0 Å². The van der Waals surface area contributed by atoms with Crippen molar-refractivity contribution in [2.45, 2.75) is 26.9 Å². The van der Waals surface area contributed by atoms with Crippen LogP contribution in [-0.4, -0.2) is 5.78 Å². The summed E-state index contributed by atoms with van der Waals surface area (Å²) in [5, 5.41) is 0. The minimum absolute atomic E-state index is 0.0598. The zero-order valence-electron chi connectivity index (χ0n) is 9.65. The van der Waals surface area contributed by atoms with Crippen LogP contribution in [0, 0.1) is 5.41 Å². The van der Waals surface area contributed by atoms with Crippen molar-refractivity contribution >= 4 is 21.7 Å². The zero-order chi connectivity index (χ0) is 13.4. The molecule has 0 aromatic heterocycles. The van der Waals surface area contributed by atoms with Crippen molar-refractivity contribution in [1.29, 1.82) is 0 Å². The van der Waals surface area contributed by atoms with Crippen LogP contribution in [0.1, 0.15) is 36.7 Å². The van der Waals surface area contributed by atoms with Crippen LogP contribution < -0.4 is 0 Å². The molecule has 1 nitrogen and oxygen atoms in total. The van der Waals surface area contributed by atoms with E-state index < -0.39 is 17.2 Å². The first-order valence-corrected chi connectivity index (χ1v) is 5.74. The highest BCUT2D eigenvalue weighted by molar-refractivity contribution is 9.10. The van der Waals surface area contributed by atoms with Gasteiger partial charge < -0.3 is 0 Å². The van der Waals surface area contributed by atoms with Crippen molar-refractivity contribution in [3.8, 4) is 0 Å². The summed E-state index contributed by atoms with van der Waals surface area (Å²) in [4.78, 5) is 11.9. The molecule has 0 unspecified atom stereocenters. The maximum Gasteiger partial charge on any atom is 0.417 e. The van der Waals surface area contributed by atoms with Crippen LogP contribution in [0.3, 0.4) is 0 Å². The van der Waals surface area contributed by atoms with E-state index >= 15 is 0 Å². The van der Waals surface area contributed by atoms with Gasteiger partial charge in [0.15, 0.2) is 5.78 Å². The molecule has 94 valence electrons. The number of hydrogen-bond donors (Lipinski definition) is 0. The summed E-state index contributed by atoms with van der Waals surface area (Å²) in [5.74, 6) is -0.310. The predicted octanol–water partition coefficient (Wildman–Crippen LogP) is 4.70. The van der Waals surface area contributed by atoms with Gasteiger partial charge >= 0.3 is 6.18 Å². The molecular weight excluding hydrogens is 297 g/mol. The summed E-state index contributed by atoms with van der Waals surface area (Å²) in [7, 11) is 0. The number of rotatable bonds is 1. The van der Waals surface area contributed by atoms with E-state index in [2.05, 4.69) is 15.9 Å². The Hall–Kier alpha value is -0.840. The summed E-state index contributed by atoms with van der Waals surface area (Å²) in [5.41, 5.74) is -1.45. The Balaban J connectivity index is 3.28. The molecule has 0 bridgehead atoms. The Morgan fingerprint density at radius 2 is 1.71 bits per heavy atom. The number of ketones is 1. The molecule has 0 fully saturated rings. The van der Waals surface area contributed by atoms with Gasteiger partial charge in [-0.05, 0) is 12.1 Å². The molecule has 0 saturated heterocycles. The zero-order valence-corrected chi connectivity index (χ0v) is 11.2. The molecule has 0 aliphatic carbocycles. The molecule has 0 atom stereocenters. The van der Waals surface area contributed by atoms with Crippen LogP contribution in [-0.2, 0) is 6.18 Å². The lowest BCUT2D eigenvalue weighted by Crippen LogP contribution is -2.21. The largest absolute Gasteiger partial charge is 0.417 e. The molecule has 0 aliphatic heterocycles. The van der Waals surface area contributed by atoms with E-state index in [0.29, 0.717) is 0 Å². The van der Waals surface area contributed by atoms with Gasteiger partial charge in [-0.3, -0.25) is 4.79 Å². The molecule has 0 aliphatic rings. The highest BCUT2D eigenvalue weighted by atomic mass is 79.9. The highest BCUT2D eigenvalue weighted by Gasteiger charge is 2.34. The Morgan fingerprint density at radius 1 is 1.18 bits per heavy atom. The smallest absolute Gasteiger partial charge is 0.294 e. The minimum atomic E-state index is -4.47. The fraction of sp³-hybridized carbons (Fsp3) is 0.417. The van der Waals surface area contributed by atoms with Crippen molar-refractivity contribution in [3.05, 3.63) is 33.8 Å². The van der Waals surface area contributed by atoms with Gasteiger partial charge in [0.1, 0.15) is 0 Å². The first kappa shape index (κ1) is 14.2. The van der Waals surface area contributed by atoms with Crippen LogP contribution in [0.2, 0.25) is 0 Å². The quantitative estimate of drug-likeness (QED) is 0.687. The number of carbonyl (C=O) groups is 1. The molecule has 0 saturated carbocycles. The maximum atomic E-state index is 12.6. The first-order chi connectivity index (χ1) is 7.53. The summed E-state index contributed by atoms with van der Waals surface area (Å²) in [6.07, 6.45) is -4.47. The van der Waals surface area contributed by atoms with Gasteiger partial charge in [0.25, 0.3) is 0 Å². The fourth-order valence-electron chi connectivity index (χ4n) is 1.32. The standard InChI is InChI=1S/C12H12BrF3O/c1-11(2,3)10(17)7-4-5-9(13)8(6-7)12(14,15)16/h4-6H,1-3H3. The van der Waals surface area contributed by atoms with Crippen LogP contribution >= 0.6 is 15.9 Å². The lowest BCUT2D eigenvalue weighted by Gasteiger charge is -2.18. The van der Waals surface area contributed by atoms with Gasteiger partial charge in [-0.1, -0.05) is 42.8 Å². The normalized spacial score (nSPS) is 12.6. The monoisotopic (exact) mass is 308 g/mol. The third-order valence-electron chi connectivity index (χ3n) is 2.22. The van der Waals surface area contributed by atoms with Crippen molar-refractivity contribution in [2.75, 3.05) is 0 Å². The average molecular weight is 309 g/mol. The Labute approximate surface area is 106 Å². The van der Waals surface area contributed by atoms with Gasteiger partial charge in [0.05, 0.1) is 5.56 Å². The van der Waals surface area contributed by atoms with E-state index in [1.807, 2.05) is 0 Å². The number of carbonyl (C=O) groups excluding carboxylic acids is 1. The molecule has 1 rings (SSSR count). The number of alkyl halides is 3. The predicted molar refractivity (Wildman–Crippen MR) is 62.9 cm³/mol. The minimum Gasteiger partial charge on any atom is -0.294 e. The maximum absolute atomic E-state index is 12.6. The van der Waals surface area contributed by atoms with Crippen molar-refractivity contribution < 1.29 is 18.0 Å². The second-order valence-corrected chi connectivity index (χ2v) is 5.63. The average Bonchev–Trinajstić information content (AvgIpc) is 2.14. The summed E-state index contributed by atoms with van der Waals surface area (Å²) in [6, 6.07) is 3.53. The topological polar surface area (TPSA) is 17.1 Å². The summed E-state index contributed by atoms with van der Waals surface area (Å²) < 4.78 is 37.9.